The highest BCUT2D eigenvalue weighted by molar-refractivity contribution is 6.05. The van der Waals surface area contributed by atoms with E-state index in [1.54, 1.807) is 30.5 Å². The average Bonchev–Trinajstić information content (AvgIpc) is 2.90. The summed E-state index contributed by atoms with van der Waals surface area (Å²) in [5, 5.41) is 8.75. The second kappa shape index (κ2) is 12.2. The van der Waals surface area contributed by atoms with Gasteiger partial charge in [0, 0.05) is 11.3 Å². The number of carbonyl (C=O) groups is 2. The highest BCUT2D eigenvalue weighted by atomic mass is 16.5. The summed E-state index contributed by atoms with van der Waals surface area (Å²) < 4.78 is 11.4. The first-order valence-corrected chi connectivity index (χ1v) is 11.7. The molecule has 0 radical (unpaired) electrons. The molecule has 0 aliphatic carbocycles. The van der Waals surface area contributed by atoms with Gasteiger partial charge in [0.15, 0.2) is 0 Å². The number of carbonyl (C=O) groups excluding carboxylic acids is 2. The minimum atomic E-state index is -0.526. The lowest BCUT2D eigenvalue weighted by Crippen LogP contribution is -2.24. The number of anilines is 1. The molecule has 4 aromatic carbocycles. The molecule has 0 aliphatic rings. The van der Waals surface area contributed by atoms with Crippen molar-refractivity contribution in [2.45, 2.75) is 20.0 Å². The SMILES string of the molecule is CCOc1ccc(NC(=O)CC(=O)NN=Cc2c(OCc3ccccc3)ccc3ccccc23)cc1. The maximum atomic E-state index is 12.3. The van der Waals surface area contributed by atoms with Crippen molar-refractivity contribution in [2.24, 2.45) is 5.10 Å². The second-order valence-corrected chi connectivity index (χ2v) is 7.95. The predicted molar refractivity (Wildman–Crippen MR) is 141 cm³/mol. The molecule has 7 nitrogen and oxygen atoms in total. The zero-order valence-electron chi connectivity index (χ0n) is 19.9. The zero-order chi connectivity index (χ0) is 25.2. The summed E-state index contributed by atoms with van der Waals surface area (Å²) >= 11 is 0. The standard InChI is InChI=1S/C29H27N3O4/c1-2-35-24-15-13-23(14-16-24)31-28(33)18-29(34)32-30-19-26-25-11-7-6-10-22(25)12-17-27(26)36-20-21-8-4-3-5-9-21/h3-17,19H,2,18,20H2,1H3,(H,31,33)(H,32,34). The van der Waals surface area contributed by atoms with Crippen molar-refractivity contribution >= 4 is 34.5 Å². The smallest absolute Gasteiger partial charge is 0.249 e. The second-order valence-electron chi connectivity index (χ2n) is 7.95. The highest BCUT2D eigenvalue weighted by Crippen LogP contribution is 2.27. The molecule has 7 heteroatoms. The lowest BCUT2D eigenvalue weighted by molar-refractivity contribution is -0.126. The fourth-order valence-corrected chi connectivity index (χ4v) is 3.63. The Morgan fingerprint density at radius 3 is 2.36 bits per heavy atom. The fraction of sp³-hybridized carbons (Fsp3) is 0.138. The summed E-state index contributed by atoms with van der Waals surface area (Å²) in [6, 6.07) is 28.5. The van der Waals surface area contributed by atoms with Gasteiger partial charge < -0.3 is 14.8 Å². The molecule has 0 atom stereocenters. The van der Waals surface area contributed by atoms with Crippen LogP contribution in [0.25, 0.3) is 10.8 Å². The molecule has 36 heavy (non-hydrogen) atoms. The van der Waals surface area contributed by atoms with Gasteiger partial charge in [-0.2, -0.15) is 5.10 Å². The van der Waals surface area contributed by atoms with Gasteiger partial charge in [-0.05, 0) is 53.6 Å². The number of fused-ring (bicyclic) bond motifs is 1. The zero-order valence-corrected chi connectivity index (χ0v) is 19.9. The Bertz CT molecular complexity index is 1350. The summed E-state index contributed by atoms with van der Waals surface area (Å²) in [4.78, 5) is 24.5. The van der Waals surface area contributed by atoms with Crippen LogP contribution in [0.1, 0.15) is 24.5 Å². The molecule has 4 rings (SSSR count). The van der Waals surface area contributed by atoms with E-state index in [0.29, 0.717) is 30.4 Å². The molecule has 0 saturated heterocycles. The first kappa shape index (κ1) is 24.5. The molecule has 0 spiro atoms. The number of amides is 2. The van der Waals surface area contributed by atoms with E-state index in [2.05, 4.69) is 15.8 Å². The normalized spacial score (nSPS) is 10.8. The van der Waals surface area contributed by atoms with Crippen LogP contribution < -0.4 is 20.2 Å². The maximum Gasteiger partial charge on any atom is 0.249 e. The van der Waals surface area contributed by atoms with Gasteiger partial charge in [0.25, 0.3) is 0 Å². The first-order valence-electron chi connectivity index (χ1n) is 11.7. The number of nitrogens with zero attached hydrogens (tertiary/aromatic N) is 1. The van der Waals surface area contributed by atoms with Gasteiger partial charge in [0.2, 0.25) is 11.8 Å². The third kappa shape index (κ3) is 6.70. The van der Waals surface area contributed by atoms with Crippen LogP contribution in [0.2, 0.25) is 0 Å². The predicted octanol–water partition coefficient (Wildman–Crippen LogP) is 5.30. The first-order chi connectivity index (χ1) is 17.6. The lowest BCUT2D eigenvalue weighted by atomic mass is 10.0. The topological polar surface area (TPSA) is 89.0 Å². The molecule has 0 saturated carbocycles. The Kier molecular flexibility index (Phi) is 8.27. The monoisotopic (exact) mass is 481 g/mol. The molecular formula is C29H27N3O4. The van der Waals surface area contributed by atoms with Crippen molar-refractivity contribution in [3.8, 4) is 11.5 Å². The molecule has 0 bridgehead atoms. The van der Waals surface area contributed by atoms with E-state index in [1.165, 1.54) is 0 Å². The Balaban J connectivity index is 1.39. The number of hydrazone groups is 1. The average molecular weight is 482 g/mol. The number of hydrogen-bond acceptors (Lipinski definition) is 5. The van der Waals surface area contributed by atoms with Crippen LogP contribution in [0.4, 0.5) is 5.69 Å². The van der Waals surface area contributed by atoms with Crippen molar-refractivity contribution in [3.63, 3.8) is 0 Å². The summed E-state index contributed by atoms with van der Waals surface area (Å²) in [5.41, 5.74) is 4.79. The highest BCUT2D eigenvalue weighted by Gasteiger charge is 2.11. The van der Waals surface area contributed by atoms with Gasteiger partial charge >= 0.3 is 0 Å². The molecule has 4 aromatic rings. The third-order valence-corrected chi connectivity index (χ3v) is 5.32. The van der Waals surface area contributed by atoms with Crippen LogP contribution in [0.15, 0.2) is 96.1 Å². The Labute approximate surface area is 209 Å². The molecule has 2 amide bonds. The van der Waals surface area contributed by atoms with Crippen molar-refractivity contribution in [1.29, 1.82) is 0 Å². The Hall–Kier alpha value is -4.65. The molecule has 0 unspecified atom stereocenters. The minimum Gasteiger partial charge on any atom is -0.494 e. The van der Waals surface area contributed by atoms with E-state index in [0.717, 1.165) is 21.9 Å². The van der Waals surface area contributed by atoms with Crippen molar-refractivity contribution in [2.75, 3.05) is 11.9 Å². The Morgan fingerprint density at radius 2 is 1.58 bits per heavy atom. The van der Waals surface area contributed by atoms with Crippen molar-refractivity contribution < 1.29 is 19.1 Å². The minimum absolute atomic E-state index is 0.364. The van der Waals surface area contributed by atoms with Gasteiger partial charge in [-0.25, -0.2) is 5.43 Å². The van der Waals surface area contributed by atoms with E-state index >= 15 is 0 Å². The van der Waals surface area contributed by atoms with E-state index in [9.17, 15) is 9.59 Å². The molecule has 2 N–H and O–H groups in total. The van der Waals surface area contributed by atoms with Crippen LogP contribution >= 0.6 is 0 Å². The lowest BCUT2D eigenvalue weighted by Gasteiger charge is -2.12. The van der Waals surface area contributed by atoms with Crippen LogP contribution in [-0.4, -0.2) is 24.6 Å². The molecule has 0 aromatic heterocycles. The molecule has 0 fully saturated rings. The van der Waals surface area contributed by atoms with E-state index in [4.69, 9.17) is 9.47 Å². The summed E-state index contributed by atoms with van der Waals surface area (Å²) in [5.74, 6) is 0.387. The van der Waals surface area contributed by atoms with Crippen LogP contribution in [0, 0.1) is 0 Å². The van der Waals surface area contributed by atoms with Crippen LogP contribution in [-0.2, 0) is 16.2 Å². The molecule has 0 heterocycles. The van der Waals surface area contributed by atoms with E-state index < -0.39 is 11.8 Å². The Morgan fingerprint density at radius 1 is 0.833 bits per heavy atom. The van der Waals surface area contributed by atoms with Crippen molar-refractivity contribution in [1.82, 2.24) is 5.43 Å². The number of ether oxygens (including phenoxy) is 2. The van der Waals surface area contributed by atoms with Crippen LogP contribution in [0.3, 0.4) is 0 Å². The number of hydrogen-bond donors (Lipinski definition) is 2. The maximum absolute atomic E-state index is 12.3. The van der Waals surface area contributed by atoms with Crippen LogP contribution in [0.5, 0.6) is 11.5 Å². The number of nitrogens with one attached hydrogen (secondary N) is 2. The fourth-order valence-electron chi connectivity index (χ4n) is 3.63. The summed E-state index contributed by atoms with van der Waals surface area (Å²) in [6.07, 6.45) is 1.18. The molecule has 182 valence electrons. The summed E-state index contributed by atoms with van der Waals surface area (Å²) in [6.45, 7) is 2.86. The quantitative estimate of drug-likeness (QED) is 0.183. The van der Waals surface area contributed by atoms with E-state index in [-0.39, 0.29) is 6.42 Å². The van der Waals surface area contributed by atoms with Gasteiger partial charge in [0.05, 0.1) is 12.8 Å². The number of benzene rings is 4. The van der Waals surface area contributed by atoms with Gasteiger partial charge in [-0.3, -0.25) is 9.59 Å². The largest absolute Gasteiger partial charge is 0.494 e. The molecular weight excluding hydrogens is 454 g/mol. The van der Waals surface area contributed by atoms with Gasteiger partial charge in [-0.1, -0.05) is 60.7 Å². The summed E-state index contributed by atoms with van der Waals surface area (Å²) in [7, 11) is 0. The van der Waals surface area contributed by atoms with E-state index in [1.807, 2.05) is 73.7 Å². The van der Waals surface area contributed by atoms with Gasteiger partial charge in [-0.15, -0.1) is 0 Å². The van der Waals surface area contributed by atoms with Crippen molar-refractivity contribution in [3.05, 3.63) is 102 Å². The number of rotatable bonds is 10. The molecule has 0 aliphatic heterocycles. The van der Waals surface area contributed by atoms with Gasteiger partial charge in [0.1, 0.15) is 24.5 Å². The third-order valence-electron chi connectivity index (χ3n) is 5.32.